The average molecular weight is 348 g/mol. The van der Waals surface area contributed by atoms with Crippen molar-refractivity contribution in [3.05, 3.63) is 70.2 Å². The number of carbonyl (C=O) groups is 1. The minimum absolute atomic E-state index is 0.0113. The van der Waals surface area contributed by atoms with Gasteiger partial charge in [0.25, 0.3) is 5.91 Å². The van der Waals surface area contributed by atoms with E-state index in [1.165, 1.54) is 0 Å². The number of nitrogens with zero attached hydrogens (tertiary/aromatic N) is 1. The zero-order chi connectivity index (χ0) is 15.1. The number of ether oxygens (including phenoxy) is 1. The molecule has 0 heterocycles. The normalized spacial score (nSPS) is 10.4. The van der Waals surface area contributed by atoms with E-state index in [4.69, 9.17) is 4.74 Å². The van der Waals surface area contributed by atoms with Crippen molar-refractivity contribution in [1.82, 2.24) is 4.90 Å². The summed E-state index contributed by atoms with van der Waals surface area (Å²) >= 11 is 3.40. The fourth-order valence-corrected chi connectivity index (χ4v) is 2.46. The number of amides is 1. The number of benzene rings is 2. The Balaban J connectivity index is 2.17. The van der Waals surface area contributed by atoms with Gasteiger partial charge in [-0.2, -0.15) is 0 Å². The molecule has 2 aromatic rings. The molecule has 2 aromatic carbocycles. The van der Waals surface area contributed by atoms with Crippen LogP contribution < -0.4 is 0 Å². The fourth-order valence-electron chi connectivity index (χ4n) is 2.06. The largest absolute Gasteiger partial charge is 0.383 e. The van der Waals surface area contributed by atoms with Crippen LogP contribution in [-0.4, -0.2) is 31.1 Å². The molecule has 0 unspecified atom stereocenters. The van der Waals surface area contributed by atoms with Gasteiger partial charge in [-0.15, -0.1) is 0 Å². The molecule has 0 aliphatic carbocycles. The molecule has 2 rings (SSSR count). The molecule has 110 valence electrons. The van der Waals surface area contributed by atoms with Gasteiger partial charge in [0, 0.05) is 30.2 Å². The molecule has 0 fully saturated rings. The van der Waals surface area contributed by atoms with E-state index in [0.29, 0.717) is 25.3 Å². The topological polar surface area (TPSA) is 29.5 Å². The van der Waals surface area contributed by atoms with Crippen LogP contribution in [-0.2, 0) is 11.3 Å². The second kappa shape index (κ2) is 7.96. The van der Waals surface area contributed by atoms with Crippen molar-refractivity contribution in [2.24, 2.45) is 0 Å². The van der Waals surface area contributed by atoms with Crippen molar-refractivity contribution in [3.63, 3.8) is 0 Å². The maximum absolute atomic E-state index is 12.7. The van der Waals surface area contributed by atoms with Gasteiger partial charge in [-0.25, -0.2) is 0 Å². The van der Waals surface area contributed by atoms with Gasteiger partial charge in [0.2, 0.25) is 0 Å². The number of hydrogen-bond acceptors (Lipinski definition) is 2. The number of halogens is 1. The van der Waals surface area contributed by atoms with E-state index in [2.05, 4.69) is 15.9 Å². The molecule has 0 atom stereocenters. The number of methoxy groups -OCH3 is 1. The van der Waals surface area contributed by atoms with Crippen molar-refractivity contribution in [1.29, 1.82) is 0 Å². The maximum Gasteiger partial charge on any atom is 0.254 e. The Bertz CT molecular complexity index is 586. The van der Waals surface area contributed by atoms with Crippen molar-refractivity contribution < 1.29 is 9.53 Å². The lowest BCUT2D eigenvalue weighted by atomic mass is 10.1. The highest BCUT2D eigenvalue weighted by molar-refractivity contribution is 9.10. The summed E-state index contributed by atoms with van der Waals surface area (Å²) in [6.45, 7) is 1.67. The standard InChI is InChI=1S/C17H18BrNO2/c1-21-11-10-19(13-14-6-3-2-4-7-14)17(20)15-8-5-9-16(18)12-15/h2-9,12H,10-11,13H2,1H3. The first-order chi connectivity index (χ1) is 10.2. The highest BCUT2D eigenvalue weighted by Gasteiger charge is 2.16. The summed E-state index contributed by atoms with van der Waals surface area (Å²) in [5.41, 5.74) is 1.79. The average Bonchev–Trinajstić information content (AvgIpc) is 2.51. The first-order valence-electron chi connectivity index (χ1n) is 6.78. The predicted molar refractivity (Wildman–Crippen MR) is 87.2 cm³/mol. The maximum atomic E-state index is 12.7. The Morgan fingerprint density at radius 3 is 2.57 bits per heavy atom. The van der Waals surface area contributed by atoms with E-state index in [9.17, 15) is 4.79 Å². The lowest BCUT2D eigenvalue weighted by molar-refractivity contribution is 0.0680. The van der Waals surface area contributed by atoms with Gasteiger partial charge in [-0.1, -0.05) is 52.3 Å². The third kappa shape index (κ3) is 4.69. The molecule has 0 spiro atoms. The number of carbonyl (C=O) groups excluding carboxylic acids is 1. The molecule has 0 saturated carbocycles. The molecule has 0 radical (unpaired) electrons. The summed E-state index contributed by atoms with van der Waals surface area (Å²) < 4.78 is 6.02. The summed E-state index contributed by atoms with van der Waals surface area (Å²) in [7, 11) is 1.64. The van der Waals surface area contributed by atoms with Crippen LogP contribution in [0.2, 0.25) is 0 Å². The Morgan fingerprint density at radius 1 is 1.14 bits per heavy atom. The fraction of sp³-hybridized carbons (Fsp3) is 0.235. The lowest BCUT2D eigenvalue weighted by Crippen LogP contribution is -2.33. The summed E-state index contributed by atoms with van der Waals surface area (Å²) in [5, 5.41) is 0. The zero-order valence-corrected chi connectivity index (χ0v) is 13.5. The van der Waals surface area contributed by atoms with Crippen LogP contribution in [0.1, 0.15) is 15.9 Å². The molecular weight excluding hydrogens is 330 g/mol. The van der Waals surface area contributed by atoms with E-state index >= 15 is 0 Å². The zero-order valence-electron chi connectivity index (χ0n) is 12.0. The predicted octanol–water partition coefficient (Wildman–Crippen LogP) is 3.74. The second-order valence-electron chi connectivity index (χ2n) is 4.72. The molecule has 4 heteroatoms. The Kier molecular flexibility index (Phi) is 5.96. The molecule has 0 saturated heterocycles. The van der Waals surface area contributed by atoms with Crippen molar-refractivity contribution in [3.8, 4) is 0 Å². The number of hydrogen-bond donors (Lipinski definition) is 0. The van der Waals surface area contributed by atoms with Gasteiger partial charge >= 0.3 is 0 Å². The van der Waals surface area contributed by atoms with Crippen LogP contribution in [0.3, 0.4) is 0 Å². The molecule has 0 aromatic heterocycles. The molecule has 0 aliphatic heterocycles. The van der Waals surface area contributed by atoms with E-state index < -0.39 is 0 Å². The van der Waals surface area contributed by atoms with Crippen LogP contribution in [0.15, 0.2) is 59.1 Å². The summed E-state index contributed by atoms with van der Waals surface area (Å²) in [6.07, 6.45) is 0. The summed E-state index contributed by atoms with van der Waals surface area (Å²) in [5.74, 6) is 0.0113. The second-order valence-corrected chi connectivity index (χ2v) is 5.63. The van der Waals surface area contributed by atoms with Crippen LogP contribution in [0, 0.1) is 0 Å². The van der Waals surface area contributed by atoms with Gasteiger partial charge < -0.3 is 9.64 Å². The van der Waals surface area contributed by atoms with Crippen molar-refractivity contribution in [2.45, 2.75) is 6.54 Å². The van der Waals surface area contributed by atoms with E-state index in [1.807, 2.05) is 54.6 Å². The highest BCUT2D eigenvalue weighted by atomic mass is 79.9. The third-order valence-electron chi connectivity index (χ3n) is 3.14. The summed E-state index contributed by atoms with van der Waals surface area (Å²) in [4.78, 5) is 14.5. The molecule has 1 amide bonds. The van der Waals surface area contributed by atoms with Gasteiger partial charge in [-0.3, -0.25) is 4.79 Å². The van der Waals surface area contributed by atoms with Crippen LogP contribution in [0.4, 0.5) is 0 Å². The molecule has 3 nitrogen and oxygen atoms in total. The van der Waals surface area contributed by atoms with Gasteiger partial charge in [0.15, 0.2) is 0 Å². The first-order valence-corrected chi connectivity index (χ1v) is 7.57. The van der Waals surface area contributed by atoms with Gasteiger partial charge in [-0.05, 0) is 23.8 Å². The third-order valence-corrected chi connectivity index (χ3v) is 3.63. The monoisotopic (exact) mass is 347 g/mol. The smallest absolute Gasteiger partial charge is 0.254 e. The van der Waals surface area contributed by atoms with Crippen LogP contribution in [0.25, 0.3) is 0 Å². The Hall–Kier alpha value is -1.65. The molecule has 0 N–H and O–H groups in total. The number of rotatable bonds is 6. The SMILES string of the molecule is COCCN(Cc1ccccc1)C(=O)c1cccc(Br)c1. The molecular formula is C17H18BrNO2. The minimum Gasteiger partial charge on any atom is -0.383 e. The minimum atomic E-state index is 0.0113. The molecule has 21 heavy (non-hydrogen) atoms. The van der Waals surface area contributed by atoms with Gasteiger partial charge in [0.05, 0.1) is 6.61 Å². The van der Waals surface area contributed by atoms with E-state index in [-0.39, 0.29) is 5.91 Å². The molecule has 0 aliphatic rings. The van der Waals surface area contributed by atoms with Crippen molar-refractivity contribution in [2.75, 3.05) is 20.3 Å². The van der Waals surface area contributed by atoms with Gasteiger partial charge in [0.1, 0.15) is 0 Å². The highest BCUT2D eigenvalue weighted by Crippen LogP contribution is 2.15. The van der Waals surface area contributed by atoms with Crippen molar-refractivity contribution >= 4 is 21.8 Å². The molecule has 0 bridgehead atoms. The van der Waals surface area contributed by atoms with E-state index in [0.717, 1.165) is 10.0 Å². The lowest BCUT2D eigenvalue weighted by Gasteiger charge is -2.22. The van der Waals surface area contributed by atoms with Crippen LogP contribution in [0.5, 0.6) is 0 Å². The summed E-state index contributed by atoms with van der Waals surface area (Å²) in [6, 6.07) is 17.4. The Morgan fingerprint density at radius 2 is 1.90 bits per heavy atom. The first kappa shape index (κ1) is 15.7. The Labute approximate surface area is 133 Å². The van der Waals surface area contributed by atoms with E-state index in [1.54, 1.807) is 12.0 Å². The quantitative estimate of drug-likeness (QED) is 0.796. The van der Waals surface area contributed by atoms with Crippen LogP contribution >= 0.6 is 15.9 Å².